The first-order valence-electron chi connectivity index (χ1n) is 9.52. The van der Waals surface area contributed by atoms with Gasteiger partial charge in [-0.15, -0.1) is 0 Å². The zero-order chi connectivity index (χ0) is 21.8. The van der Waals surface area contributed by atoms with Gasteiger partial charge < -0.3 is 29.0 Å². The van der Waals surface area contributed by atoms with Gasteiger partial charge in [0.1, 0.15) is 34.7 Å². The number of aliphatic hydroxyl groups excluding tert-OH is 1. The van der Waals surface area contributed by atoms with Crippen LogP contribution in [0, 0.1) is 0 Å². The fraction of sp³-hybridized carbons (Fsp3) is 0.227. The molecule has 9 heteroatoms. The summed E-state index contributed by atoms with van der Waals surface area (Å²) >= 11 is 0. The van der Waals surface area contributed by atoms with Gasteiger partial charge >= 0.3 is 5.97 Å². The second-order valence-electron chi connectivity index (χ2n) is 6.72. The van der Waals surface area contributed by atoms with Crippen molar-refractivity contribution < 1.29 is 28.8 Å². The number of rotatable bonds is 7. The van der Waals surface area contributed by atoms with Crippen molar-refractivity contribution in [2.45, 2.75) is 6.10 Å². The number of hydrogen-bond acceptors (Lipinski definition) is 8. The van der Waals surface area contributed by atoms with Crippen LogP contribution in [0.25, 0.3) is 11.3 Å². The van der Waals surface area contributed by atoms with Gasteiger partial charge in [0.25, 0.3) is 0 Å². The summed E-state index contributed by atoms with van der Waals surface area (Å²) in [5.74, 6) is 1.56. The minimum atomic E-state index is -0.515. The lowest BCUT2D eigenvalue weighted by atomic mass is 10.1. The number of carbonyl (C=O) groups excluding carboxylic acids is 1. The van der Waals surface area contributed by atoms with Crippen LogP contribution in [0.3, 0.4) is 0 Å². The first kappa shape index (κ1) is 20.4. The molecule has 2 N–H and O–H groups in total. The van der Waals surface area contributed by atoms with Crippen molar-refractivity contribution in [3.05, 3.63) is 60.0 Å². The highest BCUT2D eigenvalue weighted by atomic mass is 16.5. The molecule has 0 saturated carbocycles. The Morgan fingerprint density at radius 2 is 1.94 bits per heavy atom. The van der Waals surface area contributed by atoms with Gasteiger partial charge in [-0.1, -0.05) is 0 Å². The van der Waals surface area contributed by atoms with Crippen molar-refractivity contribution >= 4 is 11.9 Å². The molecule has 0 unspecified atom stereocenters. The van der Waals surface area contributed by atoms with Crippen molar-refractivity contribution in [2.24, 2.45) is 4.99 Å². The number of carbonyl (C=O) groups is 1. The average Bonchev–Trinajstić information content (AvgIpc) is 3.48. The molecule has 0 bridgehead atoms. The van der Waals surface area contributed by atoms with Gasteiger partial charge in [0, 0.05) is 17.3 Å². The first-order valence-corrected chi connectivity index (χ1v) is 9.52. The number of benzene rings is 1. The second-order valence-corrected chi connectivity index (χ2v) is 6.72. The predicted octanol–water partition coefficient (Wildman–Crippen LogP) is 2.80. The maximum absolute atomic E-state index is 11.5. The van der Waals surface area contributed by atoms with Crippen LogP contribution in [0.2, 0.25) is 0 Å². The van der Waals surface area contributed by atoms with E-state index in [1.807, 2.05) is 24.3 Å². The highest BCUT2D eigenvalue weighted by molar-refractivity contribution is 5.94. The van der Waals surface area contributed by atoms with Crippen LogP contribution in [0.15, 0.2) is 53.7 Å². The van der Waals surface area contributed by atoms with Gasteiger partial charge in [0.15, 0.2) is 0 Å². The molecule has 3 aromatic rings. The Balaban J connectivity index is 1.56. The Labute approximate surface area is 178 Å². The standard InChI is InChI=1S/C22H21N3O6/c1-28-15-7-13(18-5-6-19(25-18)21-24-11-17(12-26)31-21)8-16(9-15)30-14-3-4-20(23-10-14)22(27)29-2/h3-10,17,25-26H,11-12H2,1-2H3/t17-/m1/s1. The Morgan fingerprint density at radius 1 is 1.13 bits per heavy atom. The number of nitrogens with one attached hydrogen (secondary N) is 1. The van der Waals surface area contributed by atoms with Crippen LogP contribution in [-0.2, 0) is 9.47 Å². The van der Waals surface area contributed by atoms with E-state index in [9.17, 15) is 9.90 Å². The number of esters is 1. The molecule has 0 radical (unpaired) electrons. The minimum absolute atomic E-state index is 0.0768. The number of pyridine rings is 1. The van der Waals surface area contributed by atoms with Crippen molar-refractivity contribution in [3.8, 4) is 28.5 Å². The maximum atomic E-state index is 11.5. The molecule has 0 spiro atoms. The predicted molar refractivity (Wildman–Crippen MR) is 112 cm³/mol. The van der Waals surface area contributed by atoms with E-state index in [4.69, 9.17) is 14.2 Å². The van der Waals surface area contributed by atoms with Gasteiger partial charge in [-0.3, -0.25) is 0 Å². The fourth-order valence-electron chi connectivity index (χ4n) is 3.06. The lowest BCUT2D eigenvalue weighted by Crippen LogP contribution is -2.17. The molecule has 1 aliphatic heterocycles. The van der Waals surface area contributed by atoms with Gasteiger partial charge in [0.05, 0.1) is 33.6 Å². The topological polar surface area (TPSA) is 115 Å². The number of hydrogen-bond donors (Lipinski definition) is 2. The van der Waals surface area contributed by atoms with E-state index in [0.29, 0.717) is 29.7 Å². The van der Waals surface area contributed by atoms with E-state index >= 15 is 0 Å². The third kappa shape index (κ3) is 4.51. The Hall–Kier alpha value is -3.85. The molecule has 1 atom stereocenters. The Morgan fingerprint density at radius 3 is 2.61 bits per heavy atom. The monoisotopic (exact) mass is 423 g/mol. The molecule has 4 rings (SSSR count). The number of nitrogens with zero attached hydrogens (tertiary/aromatic N) is 2. The molecule has 0 fully saturated rings. The summed E-state index contributed by atoms with van der Waals surface area (Å²) in [6, 6.07) is 12.4. The minimum Gasteiger partial charge on any atom is -0.497 e. The molecular formula is C22H21N3O6. The quantitative estimate of drug-likeness (QED) is 0.562. The number of aromatic amines is 1. The van der Waals surface area contributed by atoms with Crippen molar-refractivity contribution in [2.75, 3.05) is 27.4 Å². The zero-order valence-electron chi connectivity index (χ0n) is 17.0. The van der Waals surface area contributed by atoms with Gasteiger partial charge in [0.2, 0.25) is 5.90 Å². The molecular weight excluding hydrogens is 402 g/mol. The summed E-state index contributed by atoms with van der Waals surface area (Å²) in [7, 11) is 2.88. The van der Waals surface area contributed by atoms with Gasteiger partial charge in [-0.2, -0.15) is 0 Å². The first-order chi connectivity index (χ1) is 15.1. The van der Waals surface area contributed by atoms with E-state index < -0.39 is 5.97 Å². The van der Waals surface area contributed by atoms with Gasteiger partial charge in [-0.05, 0) is 36.4 Å². The smallest absolute Gasteiger partial charge is 0.356 e. The maximum Gasteiger partial charge on any atom is 0.356 e. The highest BCUT2D eigenvalue weighted by Gasteiger charge is 2.21. The fourth-order valence-corrected chi connectivity index (χ4v) is 3.06. The van der Waals surface area contributed by atoms with Crippen molar-refractivity contribution in [1.29, 1.82) is 0 Å². The summed E-state index contributed by atoms with van der Waals surface area (Å²) < 4.78 is 21.6. The average molecular weight is 423 g/mol. The van der Waals surface area contributed by atoms with Gasteiger partial charge in [-0.25, -0.2) is 14.8 Å². The van der Waals surface area contributed by atoms with Crippen LogP contribution >= 0.6 is 0 Å². The number of methoxy groups -OCH3 is 2. The molecule has 9 nitrogen and oxygen atoms in total. The molecule has 0 amide bonds. The Bertz CT molecular complexity index is 1110. The number of aromatic nitrogens is 2. The number of H-pyrrole nitrogens is 1. The lowest BCUT2D eigenvalue weighted by Gasteiger charge is -2.10. The van der Waals surface area contributed by atoms with E-state index in [2.05, 4.69) is 19.7 Å². The molecule has 0 aliphatic carbocycles. The van der Waals surface area contributed by atoms with Crippen LogP contribution in [-0.4, -0.2) is 60.4 Å². The number of ether oxygens (including phenoxy) is 4. The molecule has 31 heavy (non-hydrogen) atoms. The second kappa shape index (κ2) is 8.88. The SMILES string of the molecule is COC(=O)c1ccc(Oc2cc(OC)cc(-c3ccc(C4=NC[C@H](CO)O4)[nH]3)c2)cn1. The largest absolute Gasteiger partial charge is 0.497 e. The molecule has 1 aliphatic rings. The third-order valence-corrected chi connectivity index (χ3v) is 4.63. The lowest BCUT2D eigenvalue weighted by molar-refractivity contribution is 0.0594. The highest BCUT2D eigenvalue weighted by Crippen LogP contribution is 2.32. The molecule has 160 valence electrons. The summed E-state index contributed by atoms with van der Waals surface area (Å²) in [6.45, 7) is 0.354. The summed E-state index contributed by atoms with van der Waals surface area (Å²) in [4.78, 5) is 23.2. The molecule has 2 aromatic heterocycles. The summed E-state index contributed by atoms with van der Waals surface area (Å²) in [6.07, 6.45) is 1.14. The van der Waals surface area contributed by atoms with E-state index in [-0.39, 0.29) is 18.4 Å². The Kier molecular flexibility index (Phi) is 5.85. The zero-order valence-corrected chi connectivity index (χ0v) is 17.0. The normalized spacial score (nSPS) is 15.2. The number of aliphatic hydroxyl groups is 1. The molecule has 0 saturated heterocycles. The van der Waals surface area contributed by atoms with Crippen LogP contribution in [0.1, 0.15) is 16.2 Å². The van der Waals surface area contributed by atoms with E-state index in [1.165, 1.54) is 19.4 Å². The van der Waals surface area contributed by atoms with Crippen LogP contribution < -0.4 is 9.47 Å². The van der Waals surface area contributed by atoms with Crippen molar-refractivity contribution in [3.63, 3.8) is 0 Å². The summed E-state index contributed by atoms with van der Waals surface area (Å²) in [5.41, 5.74) is 2.56. The van der Waals surface area contributed by atoms with Crippen LogP contribution in [0.5, 0.6) is 17.2 Å². The molecule has 3 heterocycles. The third-order valence-electron chi connectivity index (χ3n) is 4.63. The molecule has 1 aromatic carbocycles. The van der Waals surface area contributed by atoms with Crippen LogP contribution in [0.4, 0.5) is 0 Å². The number of aliphatic imine (C=N–C) groups is 1. The summed E-state index contributed by atoms with van der Waals surface area (Å²) in [5, 5.41) is 9.21. The van der Waals surface area contributed by atoms with Crippen molar-refractivity contribution in [1.82, 2.24) is 9.97 Å². The van der Waals surface area contributed by atoms with E-state index in [0.717, 1.165) is 17.0 Å². The van der Waals surface area contributed by atoms with E-state index in [1.54, 1.807) is 19.2 Å².